The predicted molar refractivity (Wildman–Crippen MR) is 122 cm³/mol. The molecule has 160 valence electrons. The highest BCUT2D eigenvalue weighted by atomic mass is 127. The zero-order chi connectivity index (χ0) is 19.8. The number of piperazine rings is 1. The van der Waals surface area contributed by atoms with Crippen molar-refractivity contribution in [2.75, 3.05) is 26.2 Å². The van der Waals surface area contributed by atoms with Gasteiger partial charge in [0.15, 0.2) is 0 Å². The summed E-state index contributed by atoms with van der Waals surface area (Å²) in [5.74, 6) is 0.535. The Balaban J connectivity index is 1.41. The van der Waals surface area contributed by atoms with E-state index in [4.69, 9.17) is 0 Å². The average molecular weight is 503 g/mol. The molecule has 0 atom stereocenters. The Hall–Kier alpha value is -0.370. The van der Waals surface area contributed by atoms with Crippen molar-refractivity contribution in [2.45, 2.75) is 95.6 Å². The van der Waals surface area contributed by atoms with Gasteiger partial charge in [0.25, 0.3) is 3.91 Å². The lowest BCUT2D eigenvalue weighted by molar-refractivity contribution is -0.138. The Kier molecular flexibility index (Phi) is 9.34. The summed E-state index contributed by atoms with van der Waals surface area (Å²) in [7, 11) is 0. The molecule has 1 N–H and O–H groups in total. The first-order valence-corrected chi connectivity index (χ1v) is 12.7. The van der Waals surface area contributed by atoms with Gasteiger partial charge in [-0.3, -0.25) is 14.5 Å². The molecule has 2 saturated carbocycles. The molecule has 6 heteroatoms. The van der Waals surface area contributed by atoms with Crippen LogP contribution in [0.25, 0.3) is 0 Å². The second-order valence-corrected chi connectivity index (χ2v) is 10.0. The van der Waals surface area contributed by atoms with Gasteiger partial charge in [-0.15, -0.1) is 0 Å². The van der Waals surface area contributed by atoms with Crippen LogP contribution in [0.4, 0.5) is 4.79 Å². The van der Waals surface area contributed by atoms with Gasteiger partial charge in [-0.25, -0.2) is 0 Å². The van der Waals surface area contributed by atoms with Crippen LogP contribution in [0, 0.1) is 5.92 Å². The number of nitrogens with zero attached hydrogens (tertiary/aromatic N) is 2. The molecule has 0 radical (unpaired) electrons. The molecule has 28 heavy (non-hydrogen) atoms. The molecule has 0 aromatic heterocycles. The van der Waals surface area contributed by atoms with Gasteiger partial charge >= 0.3 is 0 Å². The molecule has 0 unspecified atom stereocenters. The largest absolute Gasteiger partial charge is 0.345 e. The zero-order valence-corrected chi connectivity index (χ0v) is 19.5. The smallest absolute Gasteiger partial charge is 0.280 e. The Morgan fingerprint density at radius 3 is 1.79 bits per heavy atom. The standard InChI is InChI=1S/C22H38IN3O2/c23-22(28)24-19-12-10-18(11-13-19)21(27)26-16-14-25(15-17-26)20-8-6-4-2-1-3-5-7-9-20/h18-20H,1-17H2,(H,24,28). The Bertz CT molecular complexity index is 490. The maximum Gasteiger partial charge on any atom is 0.280 e. The van der Waals surface area contributed by atoms with Crippen molar-refractivity contribution >= 4 is 32.4 Å². The van der Waals surface area contributed by atoms with Crippen LogP contribution in [-0.4, -0.2) is 57.9 Å². The monoisotopic (exact) mass is 503 g/mol. The molecule has 1 saturated heterocycles. The highest BCUT2D eigenvalue weighted by Crippen LogP contribution is 2.27. The number of carbonyl (C=O) groups excluding carboxylic acids is 2. The third kappa shape index (κ3) is 6.85. The van der Waals surface area contributed by atoms with Crippen molar-refractivity contribution < 1.29 is 9.59 Å². The minimum atomic E-state index is 0.0176. The van der Waals surface area contributed by atoms with E-state index in [0.29, 0.717) is 5.91 Å². The second-order valence-electron chi connectivity index (χ2n) is 9.03. The summed E-state index contributed by atoms with van der Waals surface area (Å²) in [5, 5.41) is 3.00. The first kappa shape index (κ1) is 22.3. The number of carbonyl (C=O) groups is 2. The average Bonchev–Trinajstić information content (AvgIpc) is 2.72. The molecule has 2 aliphatic carbocycles. The fourth-order valence-electron chi connectivity index (χ4n) is 5.36. The van der Waals surface area contributed by atoms with E-state index >= 15 is 0 Å². The number of hydrogen-bond donors (Lipinski definition) is 1. The van der Waals surface area contributed by atoms with E-state index in [1.165, 1.54) is 57.8 Å². The molecule has 0 spiro atoms. The van der Waals surface area contributed by atoms with E-state index in [0.717, 1.165) is 57.9 Å². The van der Waals surface area contributed by atoms with Crippen molar-refractivity contribution in [3.05, 3.63) is 0 Å². The van der Waals surface area contributed by atoms with E-state index < -0.39 is 0 Å². The summed E-state index contributed by atoms with van der Waals surface area (Å²) in [4.78, 5) is 29.0. The molecular formula is C22H38IN3O2. The van der Waals surface area contributed by atoms with Crippen molar-refractivity contribution in [1.82, 2.24) is 15.1 Å². The molecule has 1 aliphatic heterocycles. The van der Waals surface area contributed by atoms with Gasteiger partial charge in [-0.05, 0) is 38.5 Å². The molecule has 0 bridgehead atoms. The number of nitrogens with one attached hydrogen (secondary N) is 1. The van der Waals surface area contributed by atoms with Gasteiger partial charge < -0.3 is 10.2 Å². The van der Waals surface area contributed by atoms with Crippen LogP contribution in [0.2, 0.25) is 0 Å². The molecule has 0 aromatic rings. The first-order chi connectivity index (χ1) is 13.6. The van der Waals surface area contributed by atoms with Crippen LogP contribution in [0.5, 0.6) is 0 Å². The third-order valence-corrected chi connectivity index (χ3v) is 7.42. The summed E-state index contributed by atoms with van der Waals surface area (Å²) in [6, 6.07) is 1.00. The number of halogens is 1. The second kappa shape index (κ2) is 11.7. The van der Waals surface area contributed by atoms with Crippen molar-refractivity contribution in [3.63, 3.8) is 0 Å². The SMILES string of the molecule is O=C(I)NC1CCC(C(=O)N2CCN(C3CCCCCCCCC3)CC2)CC1. The quantitative estimate of drug-likeness (QED) is 0.344. The van der Waals surface area contributed by atoms with Gasteiger partial charge in [0.1, 0.15) is 0 Å². The Morgan fingerprint density at radius 2 is 1.25 bits per heavy atom. The summed E-state index contributed by atoms with van der Waals surface area (Å²) in [6.07, 6.45) is 16.2. The number of amides is 2. The van der Waals surface area contributed by atoms with E-state index in [1.807, 2.05) is 0 Å². The Morgan fingerprint density at radius 1 is 0.714 bits per heavy atom. The van der Waals surface area contributed by atoms with Gasteiger partial charge in [-0.1, -0.05) is 44.9 Å². The summed E-state index contributed by atoms with van der Waals surface area (Å²) >= 11 is 1.80. The lowest BCUT2D eigenvalue weighted by atomic mass is 9.85. The van der Waals surface area contributed by atoms with E-state index in [9.17, 15) is 9.59 Å². The van der Waals surface area contributed by atoms with Crippen LogP contribution in [0.15, 0.2) is 0 Å². The predicted octanol–water partition coefficient (Wildman–Crippen LogP) is 4.73. The van der Waals surface area contributed by atoms with Crippen LogP contribution in [-0.2, 0) is 4.79 Å². The summed E-state index contributed by atoms with van der Waals surface area (Å²) in [5.41, 5.74) is 0. The molecule has 3 fully saturated rings. The lowest BCUT2D eigenvalue weighted by Crippen LogP contribution is -2.53. The van der Waals surface area contributed by atoms with Crippen LogP contribution in [0.1, 0.15) is 83.5 Å². The third-order valence-electron chi connectivity index (χ3n) is 7.11. The van der Waals surface area contributed by atoms with Crippen molar-refractivity contribution in [3.8, 4) is 0 Å². The van der Waals surface area contributed by atoms with Gasteiger partial charge in [0, 0.05) is 66.8 Å². The molecular weight excluding hydrogens is 465 g/mol. The minimum Gasteiger partial charge on any atom is -0.345 e. The van der Waals surface area contributed by atoms with Gasteiger partial charge in [0.05, 0.1) is 0 Å². The molecule has 2 amide bonds. The summed E-state index contributed by atoms with van der Waals surface area (Å²) < 4.78 is 0.0176. The Labute approximate surface area is 184 Å². The zero-order valence-electron chi connectivity index (χ0n) is 17.3. The fourth-order valence-corrected chi connectivity index (χ4v) is 5.80. The van der Waals surface area contributed by atoms with E-state index in [-0.39, 0.29) is 15.9 Å². The molecule has 1 heterocycles. The summed E-state index contributed by atoms with van der Waals surface area (Å²) in [6.45, 7) is 3.91. The van der Waals surface area contributed by atoms with Gasteiger partial charge in [-0.2, -0.15) is 0 Å². The lowest BCUT2D eigenvalue weighted by Gasteiger charge is -2.41. The minimum absolute atomic E-state index is 0.0176. The topological polar surface area (TPSA) is 52.7 Å². The highest BCUT2D eigenvalue weighted by molar-refractivity contribution is 14.1. The number of rotatable bonds is 3. The highest BCUT2D eigenvalue weighted by Gasteiger charge is 2.32. The molecule has 3 aliphatic rings. The van der Waals surface area contributed by atoms with Crippen molar-refractivity contribution in [2.24, 2.45) is 5.92 Å². The van der Waals surface area contributed by atoms with Gasteiger partial charge in [0.2, 0.25) is 5.91 Å². The normalized spacial score (nSPS) is 29.2. The maximum atomic E-state index is 13.0. The molecule has 3 rings (SSSR count). The van der Waals surface area contributed by atoms with Crippen LogP contribution < -0.4 is 5.32 Å². The van der Waals surface area contributed by atoms with Crippen molar-refractivity contribution in [1.29, 1.82) is 0 Å². The van der Waals surface area contributed by atoms with E-state index in [2.05, 4.69) is 15.1 Å². The first-order valence-electron chi connectivity index (χ1n) is 11.6. The maximum absolute atomic E-state index is 13.0. The molecule has 0 aromatic carbocycles. The molecule has 5 nitrogen and oxygen atoms in total. The van der Waals surface area contributed by atoms with Crippen LogP contribution in [0.3, 0.4) is 0 Å². The van der Waals surface area contributed by atoms with E-state index in [1.54, 1.807) is 22.6 Å². The van der Waals surface area contributed by atoms with Crippen LogP contribution >= 0.6 is 22.6 Å². The fraction of sp³-hybridized carbons (Fsp3) is 0.909. The number of hydrogen-bond acceptors (Lipinski definition) is 3.